The number of fused-ring (bicyclic) bond motifs is 1. The number of carbonyl (C=O) groups is 1. The third-order valence-electron chi connectivity index (χ3n) is 3.17. The van der Waals surface area contributed by atoms with E-state index in [0.29, 0.717) is 11.3 Å². The van der Waals surface area contributed by atoms with Gasteiger partial charge in [-0.25, -0.2) is 4.98 Å². The molecule has 3 heteroatoms. The second kappa shape index (κ2) is 6.77. The van der Waals surface area contributed by atoms with E-state index in [-0.39, 0.29) is 6.61 Å². The minimum absolute atomic E-state index is 0.00733. The molecule has 0 unspecified atom stereocenters. The normalized spacial score (nSPS) is 12.5. The molecule has 0 aliphatic carbocycles. The fraction of sp³-hybridized carbons (Fsp3) is 0.111. The molecule has 0 saturated heterocycles. The van der Waals surface area contributed by atoms with Crippen LogP contribution in [-0.4, -0.2) is 23.0 Å². The van der Waals surface area contributed by atoms with Crippen LogP contribution in [0.15, 0.2) is 60.7 Å². The van der Waals surface area contributed by atoms with Crippen LogP contribution < -0.4 is 0 Å². The van der Waals surface area contributed by atoms with Crippen LogP contribution in [0.25, 0.3) is 16.5 Å². The maximum Gasteiger partial charge on any atom is 0.152 e. The monoisotopic (exact) mass is 279 g/mol. The lowest BCUT2D eigenvalue weighted by Gasteiger charge is -2.07. The first-order valence-electron chi connectivity index (χ1n) is 6.65. The van der Waals surface area contributed by atoms with Crippen LogP contribution >= 0.6 is 0 Å². The molecule has 3 nitrogen and oxygen atoms in total. The third-order valence-corrected chi connectivity index (χ3v) is 3.17. The molecule has 1 heterocycles. The number of hydrogen-bond donors (Lipinski definition) is 1. The number of nitrogens with zero attached hydrogens (tertiary/aromatic N) is 1. The number of aliphatic hydroxyl groups excluding tert-OH is 1. The zero-order valence-corrected chi connectivity index (χ0v) is 11.9. The van der Waals surface area contributed by atoms with Crippen LogP contribution in [-0.2, 0) is 0 Å². The van der Waals surface area contributed by atoms with Crippen molar-refractivity contribution in [3.63, 3.8) is 0 Å². The Labute approximate surface area is 124 Å². The summed E-state index contributed by atoms with van der Waals surface area (Å²) in [7, 11) is 0. The molecular weight excluding hydrogens is 262 g/mol. The molecule has 1 aromatic carbocycles. The summed E-state index contributed by atoms with van der Waals surface area (Å²) in [5.74, 6) is 0. The number of aromatic nitrogens is 1. The lowest BCUT2D eigenvalue weighted by molar-refractivity contribution is 0.112. The van der Waals surface area contributed by atoms with Gasteiger partial charge in [-0.15, -0.1) is 0 Å². The van der Waals surface area contributed by atoms with Gasteiger partial charge in [-0.3, -0.25) is 4.79 Å². The summed E-state index contributed by atoms with van der Waals surface area (Å²) in [5.41, 5.74) is 3.52. The molecule has 1 aromatic heterocycles. The van der Waals surface area contributed by atoms with Crippen molar-refractivity contribution in [1.82, 2.24) is 4.98 Å². The molecule has 0 fully saturated rings. The Morgan fingerprint density at radius 1 is 1.33 bits per heavy atom. The SMILES string of the molecule is C=C/C(=C\C=C(/C)CO)c1nc2ccccc2cc1C=O. The maximum absolute atomic E-state index is 11.3. The van der Waals surface area contributed by atoms with Crippen LogP contribution in [0.3, 0.4) is 0 Å². The highest BCUT2D eigenvalue weighted by molar-refractivity contribution is 5.93. The lowest BCUT2D eigenvalue weighted by Crippen LogP contribution is -1.96. The number of hydrogen-bond acceptors (Lipinski definition) is 3. The van der Waals surface area contributed by atoms with Crippen LogP contribution in [0.2, 0.25) is 0 Å². The largest absolute Gasteiger partial charge is 0.392 e. The molecule has 2 rings (SSSR count). The van der Waals surface area contributed by atoms with E-state index in [2.05, 4.69) is 11.6 Å². The predicted molar refractivity (Wildman–Crippen MR) is 86.1 cm³/mol. The molecule has 0 amide bonds. The first kappa shape index (κ1) is 14.9. The molecule has 0 saturated carbocycles. The quantitative estimate of drug-likeness (QED) is 0.672. The van der Waals surface area contributed by atoms with Crippen molar-refractivity contribution in [2.75, 3.05) is 6.61 Å². The molecule has 0 bridgehead atoms. The van der Waals surface area contributed by atoms with E-state index in [1.165, 1.54) is 0 Å². The molecule has 1 N–H and O–H groups in total. The Bertz CT molecular complexity index is 742. The second-order valence-electron chi connectivity index (χ2n) is 4.73. The molecule has 0 aliphatic heterocycles. The van der Waals surface area contributed by atoms with Crippen molar-refractivity contribution in [1.29, 1.82) is 0 Å². The van der Waals surface area contributed by atoms with Gasteiger partial charge in [0, 0.05) is 16.5 Å². The van der Waals surface area contributed by atoms with Crippen LogP contribution in [0.1, 0.15) is 23.0 Å². The Balaban J connectivity index is 2.62. The summed E-state index contributed by atoms with van der Waals surface area (Å²) in [4.78, 5) is 15.9. The molecule has 106 valence electrons. The molecular formula is C18H17NO2. The summed E-state index contributed by atoms with van der Waals surface area (Å²) >= 11 is 0. The zero-order valence-electron chi connectivity index (χ0n) is 11.9. The number of aldehydes is 1. The molecule has 2 aromatic rings. The van der Waals surface area contributed by atoms with Crippen molar-refractivity contribution in [3.05, 3.63) is 72.0 Å². The third kappa shape index (κ3) is 3.33. The van der Waals surface area contributed by atoms with Gasteiger partial charge >= 0.3 is 0 Å². The number of para-hydroxylation sites is 1. The topological polar surface area (TPSA) is 50.2 Å². The Kier molecular flexibility index (Phi) is 4.80. The summed E-state index contributed by atoms with van der Waals surface area (Å²) in [6, 6.07) is 9.47. The summed E-state index contributed by atoms with van der Waals surface area (Å²) in [6.45, 7) is 5.60. The number of carbonyl (C=O) groups excluding carboxylic acids is 1. The minimum atomic E-state index is -0.00733. The summed E-state index contributed by atoms with van der Waals surface area (Å²) in [6.07, 6.45) is 6.06. The van der Waals surface area contributed by atoms with Gasteiger partial charge < -0.3 is 5.11 Å². The van der Waals surface area contributed by atoms with Gasteiger partial charge in [0.05, 0.1) is 17.8 Å². The van der Waals surface area contributed by atoms with Gasteiger partial charge in [0.1, 0.15) is 0 Å². The number of rotatable bonds is 5. The Hall–Kier alpha value is -2.52. The van der Waals surface area contributed by atoms with E-state index in [1.54, 1.807) is 12.2 Å². The maximum atomic E-state index is 11.3. The van der Waals surface area contributed by atoms with E-state index < -0.39 is 0 Å². The second-order valence-corrected chi connectivity index (χ2v) is 4.73. The van der Waals surface area contributed by atoms with Gasteiger partial charge in [0.25, 0.3) is 0 Å². The highest BCUT2D eigenvalue weighted by atomic mass is 16.3. The zero-order chi connectivity index (χ0) is 15.2. The fourth-order valence-electron chi connectivity index (χ4n) is 1.98. The van der Waals surface area contributed by atoms with Crippen molar-refractivity contribution in [2.24, 2.45) is 0 Å². The van der Waals surface area contributed by atoms with E-state index in [1.807, 2.05) is 43.3 Å². The number of aliphatic hydroxyl groups is 1. The highest BCUT2D eigenvalue weighted by Gasteiger charge is 2.08. The molecule has 21 heavy (non-hydrogen) atoms. The Morgan fingerprint density at radius 3 is 2.76 bits per heavy atom. The van der Waals surface area contributed by atoms with Gasteiger partial charge in [-0.2, -0.15) is 0 Å². The first-order valence-corrected chi connectivity index (χ1v) is 6.65. The lowest BCUT2D eigenvalue weighted by atomic mass is 10.0. The van der Waals surface area contributed by atoms with Crippen molar-refractivity contribution in [3.8, 4) is 0 Å². The van der Waals surface area contributed by atoms with Gasteiger partial charge in [-0.05, 0) is 24.6 Å². The van der Waals surface area contributed by atoms with Gasteiger partial charge in [0.2, 0.25) is 0 Å². The van der Waals surface area contributed by atoms with E-state index >= 15 is 0 Å². The number of benzene rings is 1. The number of pyridine rings is 1. The molecule has 0 radical (unpaired) electrons. The average molecular weight is 279 g/mol. The highest BCUT2D eigenvalue weighted by Crippen LogP contribution is 2.22. The van der Waals surface area contributed by atoms with E-state index in [9.17, 15) is 4.79 Å². The summed E-state index contributed by atoms with van der Waals surface area (Å²) < 4.78 is 0. The Morgan fingerprint density at radius 2 is 2.10 bits per heavy atom. The summed E-state index contributed by atoms with van der Waals surface area (Å²) in [5, 5.41) is 9.96. The van der Waals surface area contributed by atoms with Crippen molar-refractivity contribution in [2.45, 2.75) is 6.92 Å². The predicted octanol–water partition coefficient (Wildman–Crippen LogP) is 3.56. The first-order chi connectivity index (χ1) is 10.2. The van der Waals surface area contributed by atoms with Crippen molar-refractivity contribution >= 4 is 22.8 Å². The molecule has 0 spiro atoms. The average Bonchev–Trinajstić information content (AvgIpc) is 2.54. The van der Waals surface area contributed by atoms with Crippen LogP contribution in [0.4, 0.5) is 0 Å². The van der Waals surface area contributed by atoms with Gasteiger partial charge in [0.15, 0.2) is 6.29 Å². The van der Waals surface area contributed by atoms with Gasteiger partial charge in [-0.1, -0.05) is 43.0 Å². The minimum Gasteiger partial charge on any atom is -0.392 e. The van der Waals surface area contributed by atoms with Crippen LogP contribution in [0, 0.1) is 0 Å². The van der Waals surface area contributed by atoms with E-state index in [0.717, 1.165) is 28.3 Å². The van der Waals surface area contributed by atoms with Crippen molar-refractivity contribution < 1.29 is 9.90 Å². The molecule has 0 atom stereocenters. The van der Waals surface area contributed by atoms with Crippen LogP contribution in [0.5, 0.6) is 0 Å². The smallest absolute Gasteiger partial charge is 0.152 e. The molecule has 0 aliphatic rings. The standard InChI is InChI=1S/C18H17NO2/c1-3-14(9-8-13(2)11-20)18-16(12-21)10-15-6-4-5-7-17(15)19-18/h3-10,12,20H,1,11H2,2H3/b13-8+,14-9+. The van der Waals surface area contributed by atoms with E-state index in [4.69, 9.17) is 5.11 Å². The number of allylic oxidation sites excluding steroid dienone is 4. The fourth-order valence-corrected chi connectivity index (χ4v) is 1.98.